The number of amides is 3. The molecule has 2 aromatic carbocycles. The zero-order chi connectivity index (χ0) is 27.1. The number of aromatic nitrogens is 2. The summed E-state index contributed by atoms with van der Waals surface area (Å²) in [6.45, 7) is 0.550. The minimum Gasteiger partial charge on any atom is -0.465 e. The van der Waals surface area contributed by atoms with E-state index in [1.54, 1.807) is 46.1 Å². The van der Waals surface area contributed by atoms with E-state index in [-0.39, 0.29) is 30.2 Å². The number of nitrogens with two attached hydrogens (primary N) is 1. The van der Waals surface area contributed by atoms with Crippen molar-refractivity contribution < 1.29 is 19.5 Å². The molecule has 4 rings (SSSR count). The largest absolute Gasteiger partial charge is 0.465 e. The number of benzene rings is 2. The Morgan fingerprint density at radius 1 is 1.08 bits per heavy atom. The molecule has 6 N–H and O–H groups in total. The highest BCUT2D eigenvalue weighted by Crippen LogP contribution is 2.28. The zero-order valence-electron chi connectivity index (χ0n) is 20.8. The summed E-state index contributed by atoms with van der Waals surface area (Å²) in [5.74, 6) is -0.779. The molecule has 3 amide bonds. The van der Waals surface area contributed by atoms with Crippen molar-refractivity contribution in [1.82, 2.24) is 25.3 Å². The number of hydrogen-bond acceptors (Lipinski definition) is 6. The summed E-state index contributed by atoms with van der Waals surface area (Å²) >= 11 is 0. The number of rotatable bonds is 9. The van der Waals surface area contributed by atoms with Gasteiger partial charge in [0, 0.05) is 37.5 Å². The first kappa shape index (κ1) is 26.6. The summed E-state index contributed by atoms with van der Waals surface area (Å²) in [6, 6.07) is 16.7. The maximum Gasteiger partial charge on any atom is 0.410 e. The normalized spacial score (nSPS) is 17.6. The van der Waals surface area contributed by atoms with E-state index >= 15 is 0 Å². The second-order valence-electron chi connectivity index (χ2n) is 9.23. The van der Waals surface area contributed by atoms with Gasteiger partial charge in [0.05, 0.1) is 12.1 Å². The molecule has 0 bridgehead atoms. The minimum absolute atomic E-state index is 0.141. The summed E-state index contributed by atoms with van der Waals surface area (Å²) in [6.07, 6.45) is 3.73. The molecule has 0 spiro atoms. The van der Waals surface area contributed by atoms with Crippen LogP contribution in [0.3, 0.4) is 0 Å². The summed E-state index contributed by atoms with van der Waals surface area (Å²) in [5.41, 5.74) is 8.57. The van der Waals surface area contributed by atoms with Gasteiger partial charge in [0.1, 0.15) is 11.9 Å². The van der Waals surface area contributed by atoms with Gasteiger partial charge >= 0.3 is 6.09 Å². The van der Waals surface area contributed by atoms with E-state index in [2.05, 4.69) is 10.4 Å². The van der Waals surface area contributed by atoms with E-state index in [0.29, 0.717) is 31.4 Å². The van der Waals surface area contributed by atoms with Crippen molar-refractivity contribution in [2.45, 2.75) is 43.9 Å². The molecule has 11 nitrogen and oxygen atoms in total. The number of amidine groups is 1. The van der Waals surface area contributed by atoms with Crippen molar-refractivity contribution in [3.8, 4) is 0 Å². The average molecular weight is 518 g/mol. The van der Waals surface area contributed by atoms with Crippen LogP contribution in [0.25, 0.3) is 0 Å². The van der Waals surface area contributed by atoms with Crippen molar-refractivity contribution in [2.75, 3.05) is 6.54 Å². The van der Waals surface area contributed by atoms with Crippen LogP contribution in [-0.2, 0) is 22.6 Å². The van der Waals surface area contributed by atoms with Gasteiger partial charge in [-0.15, -0.1) is 0 Å². The molecule has 1 saturated heterocycles. The van der Waals surface area contributed by atoms with Crippen LogP contribution >= 0.6 is 0 Å². The Morgan fingerprint density at radius 2 is 1.82 bits per heavy atom. The quantitative estimate of drug-likeness (QED) is 0.215. The molecule has 1 unspecified atom stereocenters. The standard InChI is InChI=1S/C27H31N7O4/c28-22(12-9-18-5-2-1-3-6-18)26(36)33-17-21(34-14-4-13-31-34)15-23(33)25(35)30-16-19-7-10-20(11-8-19)24(29)32-27(37)38/h1-8,10-11,13-14,21-23H,9,12,15-17,28H2,(H2,29,32)(H,30,35)(H,37,38)/t21?,22-,23+/m1/s1. The predicted molar refractivity (Wildman–Crippen MR) is 140 cm³/mol. The van der Waals surface area contributed by atoms with Crippen LogP contribution in [0.4, 0.5) is 4.79 Å². The van der Waals surface area contributed by atoms with E-state index in [1.165, 1.54) is 0 Å². The first-order chi connectivity index (χ1) is 18.3. The third-order valence-electron chi connectivity index (χ3n) is 6.61. The molecule has 2 heterocycles. The molecule has 0 aliphatic carbocycles. The molecule has 38 heavy (non-hydrogen) atoms. The smallest absolute Gasteiger partial charge is 0.410 e. The molecule has 1 fully saturated rings. The van der Waals surface area contributed by atoms with E-state index in [4.69, 9.17) is 16.2 Å². The van der Waals surface area contributed by atoms with Gasteiger partial charge in [0.2, 0.25) is 11.8 Å². The van der Waals surface area contributed by atoms with Crippen molar-refractivity contribution >= 4 is 23.7 Å². The average Bonchev–Trinajstić information content (AvgIpc) is 3.61. The molecule has 11 heteroatoms. The second-order valence-corrected chi connectivity index (χ2v) is 9.23. The Hall–Kier alpha value is -4.51. The molecule has 0 radical (unpaired) electrons. The Balaban J connectivity index is 1.40. The fraction of sp³-hybridized carbons (Fsp3) is 0.296. The fourth-order valence-electron chi connectivity index (χ4n) is 4.57. The highest BCUT2D eigenvalue weighted by Gasteiger charge is 2.41. The number of aryl methyl sites for hydroxylation is 1. The van der Waals surface area contributed by atoms with Crippen molar-refractivity contribution in [1.29, 1.82) is 5.41 Å². The molecule has 198 valence electrons. The van der Waals surface area contributed by atoms with Gasteiger partial charge in [-0.1, -0.05) is 54.6 Å². The molecule has 3 aromatic rings. The van der Waals surface area contributed by atoms with E-state index in [1.807, 2.05) is 41.8 Å². The Labute approximate surface area is 220 Å². The third-order valence-corrected chi connectivity index (χ3v) is 6.61. The van der Waals surface area contributed by atoms with Crippen LogP contribution in [0.15, 0.2) is 73.1 Å². The van der Waals surface area contributed by atoms with Crippen LogP contribution in [0.2, 0.25) is 0 Å². The molecular weight excluding hydrogens is 486 g/mol. The minimum atomic E-state index is -1.31. The molecule has 0 saturated carbocycles. The first-order valence-electron chi connectivity index (χ1n) is 12.4. The number of carbonyl (C=O) groups excluding carboxylic acids is 2. The zero-order valence-corrected chi connectivity index (χ0v) is 20.8. The van der Waals surface area contributed by atoms with Crippen LogP contribution in [0.5, 0.6) is 0 Å². The summed E-state index contributed by atoms with van der Waals surface area (Å²) < 4.78 is 1.77. The van der Waals surface area contributed by atoms with Gasteiger partial charge in [-0.3, -0.25) is 25.0 Å². The van der Waals surface area contributed by atoms with Crippen molar-refractivity contribution in [2.24, 2.45) is 5.73 Å². The van der Waals surface area contributed by atoms with Gasteiger partial charge in [0.15, 0.2) is 0 Å². The lowest BCUT2D eigenvalue weighted by Crippen LogP contribution is -2.51. The molecule has 1 aromatic heterocycles. The number of carbonyl (C=O) groups is 3. The van der Waals surface area contributed by atoms with Gasteiger partial charge in [0.25, 0.3) is 0 Å². The van der Waals surface area contributed by atoms with E-state index < -0.39 is 18.2 Å². The number of hydrogen-bond donors (Lipinski definition) is 5. The lowest BCUT2D eigenvalue weighted by Gasteiger charge is -2.26. The maximum atomic E-state index is 13.4. The number of nitrogens with zero attached hydrogens (tertiary/aromatic N) is 3. The predicted octanol–water partition coefficient (Wildman–Crippen LogP) is 1.89. The number of carboxylic acid groups (broad SMARTS) is 1. The molecule has 3 atom stereocenters. The van der Waals surface area contributed by atoms with E-state index in [9.17, 15) is 14.4 Å². The van der Waals surface area contributed by atoms with Crippen molar-refractivity contribution in [3.05, 3.63) is 89.7 Å². The van der Waals surface area contributed by atoms with E-state index in [0.717, 1.165) is 11.1 Å². The second kappa shape index (κ2) is 12.2. The topological polar surface area (TPSA) is 166 Å². The van der Waals surface area contributed by atoms with Crippen LogP contribution in [0, 0.1) is 5.41 Å². The lowest BCUT2D eigenvalue weighted by molar-refractivity contribution is -0.139. The molecular formula is C27H31N7O4. The lowest BCUT2D eigenvalue weighted by atomic mass is 10.0. The van der Waals surface area contributed by atoms with Crippen LogP contribution in [0.1, 0.15) is 35.6 Å². The van der Waals surface area contributed by atoms with Crippen LogP contribution in [-0.4, -0.2) is 62.2 Å². The first-order valence-corrected chi connectivity index (χ1v) is 12.4. The van der Waals surface area contributed by atoms with Gasteiger partial charge in [-0.05, 0) is 30.0 Å². The highest BCUT2D eigenvalue weighted by molar-refractivity contribution is 6.04. The van der Waals surface area contributed by atoms with Gasteiger partial charge in [-0.2, -0.15) is 5.10 Å². The SMILES string of the molecule is N=C(NC(=O)O)c1ccc(CNC(=O)[C@@H]2CC(n3cccn3)CN2C(=O)[C@H](N)CCc2ccccc2)cc1. The molecule has 1 aliphatic heterocycles. The number of nitrogens with one attached hydrogen (secondary N) is 3. The van der Waals surface area contributed by atoms with Crippen LogP contribution < -0.4 is 16.4 Å². The van der Waals surface area contributed by atoms with Gasteiger partial charge < -0.3 is 21.1 Å². The Kier molecular flexibility index (Phi) is 8.49. The summed E-state index contributed by atoms with van der Waals surface area (Å²) in [5, 5.41) is 25.7. The summed E-state index contributed by atoms with van der Waals surface area (Å²) in [7, 11) is 0. The fourth-order valence-corrected chi connectivity index (χ4v) is 4.57. The van der Waals surface area contributed by atoms with Crippen molar-refractivity contribution in [3.63, 3.8) is 0 Å². The Bertz CT molecular complexity index is 1260. The monoisotopic (exact) mass is 517 g/mol. The highest BCUT2D eigenvalue weighted by atomic mass is 16.4. The third kappa shape index (κ3) is 6.62. The molecule has 1 aliphatic rings. The number of likely N-dealkylation sites (tertiary alicyclic amines) is 1. The Morgan fingerprint density at radius 3 is 2.47 bits per heavy atom. The maximum absolute atomic E-state index is 13.4. The van der Waals surface area contributed by atoms with Gasteiger partial charge in [-0.25, -0.2) is 4.79 Å². The summed E-state index contributed by atoms with van der Waals surface area (Å²) in [4.78, 5) is 38.9.